The molecule has 6 nitrogen and oxygen atoms in total. The molecule has 234 valence electrons. The molecule has 2 N–H and O–H groups in total. The minimum atomic E-state index is -0.108. The molecule has 0 radical (unpaired) electrons. The van der Waals surface area contributed by atoms with Crippen LogP contribution in [0.5, 0.6) is 0 Å². The van der Waals surface area contributed by atoms with Gasteiger partial charge >= 0.3 is 5.69 Å². The van der Waals surface area contributed by atoms with Gasteiger partial charge in [0.2, 0.25) is 0 Å². The topological polar surface area (TPSA) is 55.9 Å². The highest BCUT2D eigenvalue weighted by molar-refractivity contribution is 6.11. The molecule has 7 aromatic carbocycles. The van der Waals surface area contributed by atoms with E-state index < -0.39 is 0 Å². The van der Waals surface area contributed by atoms with E-state index in [4.69, 9.17) is 0 Å². The summed E-state index contributed by atoms with van der Waals surface area (Å²) in [6.45, 7) is 0. The lowest BCUT2D eigenvalue weighted by Gasteiger charge is -2.14. The minimum absolute atomic E-state index is 0.108. The van der Waals surface area contributed by atoms with Crippen LogP contribution in [0.4, 0.5) is 22.7 Å². The van der Waals surface area contributed by atoms with E-state index in [0.717, 1.165) is 72.7 Å². The highest BCUT2D eigenvalue weighted by atomic mass is 16.1. The van der Waals surface area contributed by atoms with Crippen LogP contribution in [0.25, 0.3) is 49.9 Å². The molecule has 6 heteroatoms. The van der Waals surface area contributed by atoms with Crippen LogP contribution in [-0.2, 0) is 0 Å². The maximum absolute atomic E-state index is 14.2. The molecule has 0 atom stereocenters. The summed E-state index contributed by atoms with van der Waals surface area (Å²) in [5.41, 5.74) is 10.4. The van der Waals surface area contributed by atoms with E-state index in [1.54, 1.807) is 4.57 Å². The Hall–Kier alpha value is -6.79. The quantitative estimate of drug-likeness (QED) is 0.184. The molecule has 49 heavy (non-hydrogen) atoms. The Bertz CT molecular complexity index is 2670. The van der Waals surface area contributed by atoms with Gasteiger partial charge in [0.05, 0.1) is 44.8 Å². The summed E-state index contributed by atoms with van der Waals surface area (Å²) in [4.78, 5) is 14.2. The Labute approximate surface area is 282 Å². The molecule has 0 fully saturated rings. The predicted octanol–water partition coefficient (Wildman–Crippen LogP) is 10.4. The number of benzene rings is 7. The lowest BCUT2D eigenvalue weighted by Crippen LogP contribution is -2.22. The molecule has 9 aromatic rings. The number of imidazole rings is 1. The van der Waals surface area contributed by atoms with Crippen molar-refractivity contribution in [3.63, 3.8) is 0 Å². The van der Waals surface area contributed by atoms with Crippen LogP contribution in [0.15, 0.2) is 181 Å². The molecule has 0 unspecified atom stereocenters. The first-order valence-electron chi connectivity index (χ1n) is 16.3. The summed E-state index contributed by atoms with van der Waals surface area (Å²) in [5, 5.41) is 9.35. The Balaban J connectivity index is 1.22. The molecule has 0 aliphatic rings. The summed E-state index contributed by atoms with van der Waals surface area (Å²) < 4.78 is 5.90. The summed E-state index contributed by atoms with van der Waals surface area (Å²) >= 11 is 0. The number of para-hydroxylation sites is 7. The summed E-state index contributed by atoms with van der Waals surface area (Å²) in [6, 6.07) is 59.4. The maximum Gasteiger partial charge on any atom is 0.338 e. The van der Waals surface area contributed by atoms with Crippen molar-refractivity contribution in [2.24, 2.45) is 0 Å². The number of aromatic nitrogens is 3. The fourth-order valence-electron chi connectivity index (χ4n) is 6.84. The van der Waals surface area contributed by atoms with Crippen molar-refractivity contribution in [1.82, 2.24) is 13.7 Å². The van der Waals surface area contributed by atoms with Gasteiger partial charge in [0.25, 0.3) is 0 Å². The monoisotopic (exact) mass is 633 g/mol. The third kappa shape index (κ3) is 4.94. The highest BCUT2D eigenvalue weighted by Gasteiger charge is 2.19. The van der Waals surface area contributed by atoms with Gasteiger partial charge in [-0.15, -0.1) is 0 Å². The van der Waals surface area contributed by atoms with Crippen molar-refractivity contribution in [3.05, 3.63) is 186 Å². The van der Waals surface area contributed by atoms with Crippen LogP contribution in [0.3, 0.4) is 0 Å². The molecule has 0 spiro atoms. The zero-order valence-electron chi connectivity index (χ0n) is 26.5. The normalized spacial score (nSPS) is 11.3. The molecule has 0 saturated heterocycles. The molecule has 2 heterocycles. The first kappa shape index (κ1) is 28.4. The second-order valence-corrected chi connectivity index (χ2v) is 12.0. The van der Waals surface area contributed by atoms with Crippen LogP contribution >= 0.6 is 0 Å². The first-order valence-corrected chi connectivity index (χ1v) is 16.3. The van der Waals surface area contributed by atoms with E-state index in [0.29, 0.717) is 0 Å². The van der Waals surface area contributed by atoms with Gasteiger partial charge in [0.1, 0.15) is 0 Å². The van der Waals surface area contributed by atoms with Gasteiger partial charge in [0, 0.05) is 27.8 Å². The molecule has 0 amide bonds. The number of rotatable bonds is 7. The van der Waals surface area contributed by atoms with Gasteiger partial charge in [0.15, 0.2) is 0 Å². The largest absolute Gasteiger partial charge is 0.354 e. The summed E-state index contributed by atoms with van der Waals surface area (Å²) in [6.07, 6.45) is 0. The maximum atomic E-state index is 14.2. The van der Waals surface area contributed by atoms with Crippen LogP contribution in [-0.4, -0.2) is 13.7 Å². The molecule has 0 saturated carbocycles. The molecular formula is C43H31N5O. The fourth-order valence-corrected chi connectivity index (χ4v) is 6.84. The van der Waals surface area contributed by atoms with Gasteiger partial charge in [-0.05, 0) is 97.1 Å². The second kappa shape index (κ2) is 11.8. The Morgan fingerprint density at radius 1 is 0.347 bits per heavy atom. The fraction of sp³-hybridized carbons (Fsp3) is 0. The Kier molecular flexibility index (Phi) is 6.84. The molecule has 0 aliphatic carbocycles. The standard InChI is InChI=1S/C43H31N5O/c49-43-47(33-18-8-3-9-19-33)41-22-12-13-23-42(41)48(43)34-25-27-40-36(29-34)35-28-31(24-26-39(35)46(40)32-16-6-2-7-17-32)45-38-21-11-10-20-37(38)44-30-14-4-1-5-15-30/h1-29,44-45H. The predicted molar refractivity (Wildman–Crippen MR) is 203 cm³/mol. The number of hydrogen-bond acceptors (Lipinski definition) is 3. The van der Waals surface area contributed by atoms with Crippen molar-refractivity contribution in [2.75, 3.05) is 10.6 Å². The van der Waals surface area contributed by atoms with Gasteiger partial charge in [-0.3, -0.25) is 9.13 Å². The van der Waals surface area contributed by atoms with E-state index in [1.807, 2.05) is 95.6 Å². The summed E-state index contributed by atoms with van der Waals surface area (Å²) in [5.74, 6) is 0. The van der Waals surface area contributed by atoms with Crippen molar-refractivity contribution >= 4 is 55.6 Å². The van der Waals surface area contributed by atoms with Gasteiger partial charge in [-0.2, -0.15) is 0 Å². The third-order valence-corrected chi connectivity index (χ3v) is 9.04. The summed E-state index contributed by atoms with van der Waals surface area (Å²) in [7, 11) is 0. The zero-order valence-corrected chi connectivity index (χ0v) is 26.5. The Morgan fingerprint density at radius 3 is 1.45 bits per heavy atom. The smallest absolute Gasteiger partial charge is 0.338 e. The van der Waals surface area contributed by atoms with Crippen LogP contribution in [0.2, 0.25) is 0 Å². The highest BCUT2D eigenvalue weighted by Crippen LogP contribution is 2.37. The molecular weight excluding hydrogens is 603 g/mol. The Morgan fingerprint density at radius 2 is 0.816 bits per heavy atom. The van der Waals surface area contributed by atoms with Crippen molar-refractivity contribution < 1.29 is 0 Å². The van der Waals surface area contributed by atoms with E-state index in [1.165, 1.54) is 0 Å². The van der Waals surface area contributed by atoms with Crippen molar-refractivity contribution in [3.8, 4) is 17.1 Å². The van der Waals surface area contributed by atoms with E-state index >= 15 is 0 Å². The van der Waals surface area contributed by atoms with E-state index in [-0.39, 0.29) is 5.69 Å². The van der Waals surface area contributed by atoms with Gasteiger partial charge < -0.3 is 15.2 Å². The van der Waals surface area contributed by atoms with Gasteiger partial charge in [-0.1, -0.05) is 78.9 Å². The van der Waals surface area contributed by atoms with E-state index in [2.05, 4.69) is 100 Å². The molecule has 2 aromatic heterocycles. The van der Waals surface area contributed by atoms with E-state index in [9.17, 15) is 4.79 Å². The number of nitrogens with one attached hydrogen (secondary N) is 2. The first-order chi connectivity index (χ1) is 24.2. The van der Waals surface area contributed by atoms with Crippen molar-refractivity contribution in [2.45, 2.75) is 0 Å². The van der Waals surface area contributed by atoms with Crippen molar-refractivity contribution in [1.29, 1.82) is 0 Å². The molecule has 0 aliphatic heterocycles. The lowest BCUT2D eigenvalue weighted by molar-refractivity contribution is 0.931. The number of fused-ring (bicyclic) bond motifs is 4. The number of hydrogen-bond donors (Lipinski definition) is 2. The van der Waals surface area contributed by atoms with Gasteiger partial charge in [-0.25, -0.2) is 4.79 Å². The van der Waals surface area contributed by atoms with Crippen LogP contribution < -0.4 is 16.3 Å². The van der Waals surface area contributed by atoms with Crippen LogP contribution in [0.1, 0.15) is 0 Å². The zero-order chi connectivity index (χ0) is 32.7. The third-order valence-electron chi connectivity index (χ3n) is 9.04. The average molecular weight is 634 g/mol. The van der Waals surface area contributed by atoms with Crippen LogP contribution in [0, 0.1) is 0 Å². The number of nitrogens with zero attached hydrogens (tertiary/aromatic N) is 3. The minimum Gasteiger partial charge on any atom is -0.354 e. The SMILES string of the molecule is O=c1n(-c2ccccc2)c2ccccc2n1-c1ccc2c(c1)c1cc(Nc3ccccc3Nc3ccccc3)ccc1n2-c1ccccc1. The molecule has 9 rings (SSSR count). The molecule has 0 bridgehead atoms. The number of anilines is 4. The lowest BCUT2D eigenvalue weighted by atomic mass is 10.1. The average Bonchev–Trinajstić information content (AvgIpc) is 3.64. The second-order valence-electron chi connectivity index (χ2n) is 12.0.